The number of benzene rings is 1. The van der Waals surface area contributed by atoms with Crippen LogP contribution in [0.3, 0.4) is 0 Å². The first-order valence-electron chi connectivity index (χ1n) is 5.42. The van der Waals surface area contributed by atoms with E-state index in [2.05, 4.69) is 37.0 Å². The first-order valence-corrected chi connectivity index (χ1v) is 7.01. The average Bonchev–Trinajstić information content (AvgIpc) is 2.96. The zero-order valence-corrected chi connectivity index (χ0v) is 12.7. The molecule has 2 heterocycles. The minimum atomic E-state index is 0.328. The normalized spacial score (nSPS) is 10.8. The van der Waals surface area contributed by atoms with E-state index < -0.39 is 0 Å². The van der Waals surface area contributed by atoms with Gasteiger partial charge in [-0.15, -0.1) is 0 Å². The number of hydrogen-bond acceptors (Lipinski definition) is 4. The molecule has 0 spiro atoms. The molecule has 2 N–H and O–H groups in total. The largest absolute Gasteiger partial charge is 0.446 e. The molecule has 0 aliphatic heterocycles. The molecule has 0 aliphatic rings. The van der Waals surface area contributed by atoms with Crippen LogP contribution in [0.5, 0.6) is 0 Å². The smallest absolute Gasteiger partial charge is 0.212 e. The van der Waals surface area contributed by atoms with E-state index in [-0.39, 0.29) is 0 Å². The molecule has 0 atom stereocenters. The van der Waals surface area contributed by atoms with Gasteiger partial charge in [0.1, 0.15) is 0 Å². The summed E-state index contributed by atoms with van der Waals surface area (Å²) in [5, 5.41) is 3.83. The van der Waals surface area contributed by atoms with E-state index in [0.717, 1.165) is 10.0 Å². The maximum absolute atomic E-state index is 5.91. The second kappa shape index (κ2) is 4.86. The molecule has 3 rings (SSSR count). The number of hydrogen-bond donors (Lipinski definition) is 1. The second-order valence-electron chi connectivity index (χ2n) is 3.86. The van der Waals surface area contributed by atoms with Crippen molar-refractivity contribution < 1.29 is 8.94 Å². The van der Waals surface area contributed by atoms with Crippen LogP contribution in [-0.4, -0.2) is 5.16 Å². The average molecular weight is 384 g/mol. The molecule has 0 unspecified atom stereocenters. The maximum atomic E-state index is 5.91. The third-order valence-corrected chi connectivity index (χ3v) is 3.78. The number of nitrogen functional groups attached to an aromatic ring is 1. The highest BCUT2D eigenvalue weighted by atomic mass is 79.9. The molecular formula is C13H8Br2N2O2. The highest BCUT2D eigenvalue weighted by molar-refractivity contribution is 9.10. The van der Waals surface area contributed by atoms with Gasteiger partial charge >= 0.3 is 0 Å². The highest BCUT2D eigenvalue weighted by Crippen LogP contribution is 2.40. The molecule has 3 aromatic rings. The molecule has 2 aromatic heterocycles. The van der Waals surface area contributed by atoms with Crippen LogP contribution in [0.15, 0.2) is 54.5 Å². The van der Waals surface area contributed by atoms with Crippen molar-refractivity contribution in [2.75, 3.05) is 5.73 Å². The zero-order chi connectivity index (χ0) is 13.4. The summed E-state index contributed by atoms with van der Waals surface area (Å²) in [6.45, 7) is 0. The molecule has 0 saturated heterocycles. The third-order valence-electron chi connectivity index (χ3n) is 2.66. The number of rotatable bonds is 2. The Kier molecular flexibility index (Phi) is 3.20. The van der Waals surface area contributed by atoms with Crippen molar-refractivity contribution in [1.29, 1.82) is 0 Å². The molecule has 6 heteroatoms. The molecule has 0 aliphatic carbocycles. The Hall–Kier alpha value is -1.53. The van der Waals surface area contributed by atoms with Crippen LogP contribution in [0.2, 0.25) is 0 Å². The second-order valence-corrected chi connectivity index (χ2v) is 5.49. The van der Waals surface area contributed by atoms with Crippen LogP contribution in [-0.2, 0) is 0 Å². The van der Waals surface area contributed by atoms with Gasteiger partial charge in [-0.3, -0.25) is 0 Å². The van der Waals surface area contributed by atoms with Gasteiger partial charge in [0.15, 0.2) is 16.2 Å². The molecule has 96 valence electrons. The van der Waals surface area contributed by atoms with Gasteiger partial charge in [-0.2, -0.15) is 0 Å². The van der Waals surface area contributed by atoms with Crippen LogP contribution in [0.1, 0.15) is 0 Å². The van der Waals surface area contributed by atoms with E-state index in [1.54, 1.807) is 12.1 Å². The lowest BCUT2D eigenvalue weighted by Gasteiger charge is -2.03. The van der Waals surface area contributed by atoms with E-state index in [1.807, 2.05) is 24.3 Å². The highest BCUT2D eigenvalue weighted by Gasteiger charge is 2.21. The topological polar surface area (TPSA) is 65.2 Å². The molecule has 4 nitrogen and oxygen atoms in total. The number of halogens is 2. The van der Waals surface area contributed by atoms with Crippen molar-refractivity contribution in [3.63, 3.8) is 0 Å². The van der Waals surface area contributed by atoms with Gasteiger partial charge in [0.2, 0.25) is 5.76 Å². The molecule has 0 bridgehead atoms. The monoisotopic (exact) mass is 382 g/mol. The van der Waals surface area contributed by atoms with Crippen LogP contribution in [0.25, 0.3) is 22.6 Å². The minimum absolute atomic E-state index is 0.328. The van der Waals surface area contributed by atoms with E-state index in [1.165, 1.54) is 0 Å². The molecule has 0 saturated carbocycles. The summed E-state index contributed by atoms with van der Waals surface area (Å²) in [5.74, 6) is 1.41. The summed E-state index contributed by atoms with van der Waals surface area (Å²) < 4.78 is 12.3. The van der Waals surface area contributed by atoms with E-state index in [4.69, 9.17) is 14.7 Å². The fourth-order valence-corrected chi connectivity index (χ4v) is 2.62. The Bertz CT molecular complexity index is 734. The summed E-state index contributed by atoms with van der Waals surface area (Å²) in [5.41, 5.74) is 7.53. The molecule has 1 aromatic carbocycles. The van der Waals surface area contributed by atoms with Crippen LogP contribution in [0.4, 0.5) is 5.82 Å². The molecule has 0 fully saturated rings. The number of nitrogens with zero attached hydrogens (tertiary/aromatic N) is 1. The molecule has 0 radical (unpaired) electrons. The maximum Gasteiger partial charge on any atom is 0.212 e. The van der Waals surface area contributed by atoms with Gasteiger partial charge in [0.05, 0.1) is 5.56 Å². The minimum Gasteiger partial charge on any atom is -0.446 e. The quantitative estimate of drug-likeness (QED) is 0.695. The van der Waals surface area contributed by atoms with Crippen molar-refractivity contribution >= 4 is 37.7 Å². The van der Waals surface area contributed by atoms with Crippen LogP contribution in [0, 0.1) is 0 Å². The standard InChI is InChI=1S/C13H8Br2N2O2/c14-8-4-2-1-3-7(8)11-12(19-17-13(11)16)9-5-6-10(15)18-9/h1-6H,(H2,16,17). The SMILES string of the molecule is Nc1noc(-c2ccc(Br)o2)c1-c1ccccc1Br. The lowest BCUT2D eigenvalue weighted by Crippen LogP contribution is -1.89. The molecule has 0 amide bonds. The summed E-state index contributed by atoms with van der Waals surface area (Å²) in [6, 6.07) is 11.3. The van der Waals surface area contributed by atoms with Crippen molar-refractivity contribution in [1.82, 2.24) is 5.16 Å². The fraction of sp³-hybridized carbons (Fsp3) is 0. The lowest BCUT2D eigenvalue weighted by molar-refractivity contribution is 0.419. The summed E-state index contributed by atoms with van der Waals surface area (Å²) in [7, 11) is 0. The van der Waals surface area contributed by atoms with Gasteiger partial charge in [0.25, 0.3) is 0 Å². The van der Waals surface area contributed by atoms with Crippen molar-refractivity contribution in [2.24, 2.45) is 0 Å². The molecular weight excluding hydrogens is 376 g/mol. The first-order chi connectivity index (χ1) is 9.16. The van der Waals surface area contributed by atoms with Crippen molar-refractivity contribution in [3.05, 3.63) is 45.5 Å². The van der Waals surface area contributed by atoms with Crippen molar-refractivity contribution in [2.45, 2.75) is 0 Å². The molecule has 19 heavy (non-hydrogen) atoms. The zero-order valence-electron chi connectivity index (χ0n) is 9.56. The number of anilines is 1. The summed E-state index contributed by atoms with van der Waals surface area (Å²) in [6.07, 6.45) is 0. The summed E-state index contributed by atoms with van der Waals surface area (Å²) in [4.78, 5) is 0. The number of nitrogens with two attached hydrogens (primary N) is 1. The van der Waals surface area contributed by atoms with E-state index >= 15 is 0 Å². The fourth-order valence-electron chi connectivity index (χ4n) is 1.83. The van der Waals surface area contributed by atoms with Gasteiger partial charge in [0, 0.05) is 10.0 Å². The lowest BCUT2D eigenvalue weighted by atomic mass is 10.0. The Labute approximate surface area is 125 Å². The van der Waals surface area contributed by atoms with Gasteiger partial charge in [-0.05, 0) is 34.1 Å². The van der Waals surface area contributed by atoms with Crippen molar-refractivity contribution in [3.8, 4) is 22.6 Å². The predicted molar refractivity (Wildman–Crippen MR) is 79.5 cm³/mol. The number of aromatic nitrogens is 1. The Morgan fingerprint density at radius 1 is 1.05 bits per heavy atom. The number of furan rings is 1. The Morgan fingerprint density at radius 2 is 1.84 bits per heavy atom. The van der Waals surface area contributed by atoms with Crippen LogP contribution >= 0.6 is 31.9 Å². The van der Waals surface area contributed by atoms with Gasteiger partial charge in [-0.25, -0.2) is 0 Å². The Balaban J connectivity index is 2.22. The van der Waals surface area contributed by atoms with E-state index in [0.29, 0.717) is 27.6 Å². The predicted octanol–water partition coefficient (Wildman–Crippen LogP) is 4.71. The third kappa shape index (κ3) is 2.21. The first kappa shape index (κ1) is 12.5. The van der Waals surface area contributed by atoms with E-state index in [9.17, 15) is 0 Å². The summed E-state index contributed by atoms with van der Waals surface area (Å²) >= 11 is 6.76. The Morgan fingerprint density at radius 3 is 2.53 bits per heavy atom. The van der Waals surface area contributed by atoms with Gasteiger partial charge in [-0.1, -0.05) is 39.3 Å². The van der Waals surface area contributed by atoms with Gasteiger partial charge < -0.3 is 14.7 Å². The van der Waals surface area contributed by atoms with Crippen LogP contribution < -0.4 is 5.73 Å².